The number of thiazole rings is 1. The number of Topliss-reactive ketones (excluding diaryl/α,β-unsaturated/α-hetero) is 1. The van der Waals surface area contributed by atoms with E-state index in [1.807, 2.05) is 0 Å². The maximum Gasteiger partial charge on any atom is 0.230 e. The van der Waals surface area contributed by atoms with Crippen LogP contribution < -0.4 is 10.6 Å². The van der Waals surface area contributed by atoms with Crippen LogP contribution in [0.15, 0.2) is 0 Å². The highest BCUT2D eigenvalue weighted by Gasteiger charge is 2.34. The molecule has 7 heteroatoms. The summed E-state index contributed by atoms with van der Waals surface area (Å²) < 4.78 is 0. The summed E-state index contributed by atoms with van der Waals surface area (Å²) in [6, 6.07) is 0. The minimum Gasteiger partial charge on any atom is -0.316 e. The summed E-state index contributed by atoms with van der Waals surface area (Å²) in [6.07, 6.45) is 3.29. The predicted molar refractivity (Wildman–Crippen MR) is 90.0 cm³/mol. The van der Waals surface area contributed by atoms with Gasteiger partial charge in [-0.05, 0) is 31.2 Å². The summed E-state index contributed by atoms with van der Waals surface area (Å²) in [7, 11) is 0. The van der Waals surface area contributed by atoms with E-state index < -0.39 is 0 Å². The number of piperidine rings is 1. The third kappa shape index (κ3) is 3.67. The van der Waals surface area contributed by atoms with E-state index in [1.54, 1.807) is 0 Å². The molecule has 2 aliphatic rings. The number of amides is 1. The molecule has 0 spiro atoms. The zero-order valence-electron chi connectivity index (χ0n) is 12.9. The fourth-order valence-electron chi connectivity index (χ4n) is 3.06. The second kappa shape index (κ2) is 6.64. The molecule has 0 saturated carbocycles. The average molecular weight is 344 g/mol. The number of hydrogen-bond acceptors (Lipinski definition) is 5. The molecule has 0 aromatic carbocycles. The van der Waals surface area contributed by atoms with E-state index >= 15 is 0 Å². The summed E-state index contributed by atoms with van der Waals surface area (Å²) in [5, 5.41) is 6.70. The normalized spacial score (nSPS) is 23.4. The number of nitrogens with one attached hydrogen (secondary N) is 2. The van der Waals surface area contributed by atoms with Gasteiger partial charge in [-0.1, -0.05) is 25.2 Å². The van der Waals surface area contributed by atoms with E-state index in [9.17, 15) is 9.59 Å². The summed E-state index contributed by atoms with van der Waals surface area (Å²) in [5.41, 5.74) is 0.811. The van der Waals surface area contributed by atoms with Crippen LogP contribution in [0.1, 0.15) is 48.5 Å². The second-order valence-corrected chi connectivity index (χ2v) is 7.77. The zero-order valence-corrected chi connectivity index (χ0v) is 14.5. The molecule has 0 bridgehead atoms. The van der Waals surface area contributed by atoms with Crippen LogP contribution in [-0.2, 0) is 11.2 Å². The highest BCUT2D eigenvalue weighted by Crippen LogP contribution is 2.38. The maximum atomic E-state index is 12.2. The van der Waals surface area contributed by atoms with Crippen LogP contribution in [0.3, 0.4) is 0 Å². The molecule has 1 saturated heterocycles. The minimum absolute atomic E-state index is 0. The first kappa shape index (κ1) is 17.4. The van der Waals surface area contributed by atoms with E-state index in [-0.39, 0.29) is 35.4 Å². The van der Waals surface area contributed by atoms with E-state index in [4.69, 9.17) is 0 Å². The Hall–Kier alpha value is -0.980. The van der Waals surface area contributed by atoms with Gasteiger partial charge in [0.15, 0.2) is 10.9 Å². The Morgan fingerprint density at radius 3 is 2.86 bits per heavy atom. The van der Waals surface area contributed by atoms with Crippen molar-refractivity contribution < 1.29 is 9.59 Å². The first-order chi connectivity index (χ1) is 9.94. The monoisotopic (exact) mass is 343 g/mol. The van der Waals surface area contributed by atoms with Crippen molar-refractivity contribution in [1.29, 1.82) is 0 Å². The standard InChI is InChI=1S/C15H21N3O2S.ClH/c1-15(2)6-10-12(11(19)7-15)21-14(17-10)18-13(20)9-4-3-5-16-8-9;/h9,16H,3-8H2,1-2H3,(H,17,18,20);1H. The lowest BCUT2D eigenvalue weighted by Gasteiger charge is -2.26. The Bertz CT molecular complexity index is 579. The summed E-state index contributed by atoms with van der Waals surface area (Å²) >= 11 is 1.32. The maximum absolute atomic E-state index is 12.2. The van der Waals surface area contributed by atoms with Crippen molar-refractivity contribution in [2.24, 2.45) is 11.3 Å². The molecule has 3 rings (SSSR count). The summed E-state index contributed by atoms with van der Waals surface area (Å²) in [6.45, 7) is 5.88. The third-order valence-corrected chi connectivity index (χ3v) is 5.19. The molecule has 0 radical (unpaired) electrons. The first-order valence-electron chi connectivity index (χ1n) is 7.49. The van der Waals surface area contributed by atoms with Gasteiger partial charge in [-0.3, -0.25) is 9.59 Å². The smallest absolute Gasteiger partial charge is 0.230 e. The van der Waals surface area contributed by atoms with Gasteiger partial charge in [0.05, 0.1) is 16.5 Å². The molecule has 5 nitrogen and oxygen atoms in total. The number of halogens is 1. The van der Waals surface area contributed by atoms with Crippen LogP contribution >= 0.6 is 23.7 Å². The van der Waals surface area contributed by atoms with Crippen molar-refractivity contribution in [2.45, 2.75) is 39.5 Å². The van der Waals surface area contributed by atoms with Crippen LogP contribution in [0.25, 0.3) is 0 Å². The SMILES string of the molecule is CC1(C)CC(=O)c2sc(NC(=O)C3CCCNC3)nc2C1.Cl. The Morgan fingerprint density at radius 2 is 2.18 bits per heavy atom. The van der Waals surface area contributed by atoms with Gasteiger partial charge in [0.1, 0.15) is 0 Å². The molecule has 1 fully saturated rings. The predicted octanol–water partition coefficient (Wildman–Crippen LogP) is 2.66. The van der Waals surface area contributed by atoms with Crippen molar-refractivity contribution in [2.75, 3.05) is 18.4 Å². The lowest BCUT2D eigenvalue weighted by atomic mass is 9.78. The van der Waals surface area contributed by atoms with Crippen LogP contribution in [0.2, 0.25) is 0 Å². The average Bonchev–Trinajstić information content (AvgIpc) is 2.81. The fraction of sp³-hybridized carbons (Fsp3) is 0.667. The van der Waals surface area contributed by atoms with Gasteiger partial charge in [-0.25, -0.2) is 4.98 Å². The van der Waals surface area contributed by atoms with E-state index in [1.165, 1.54) is 11.3 Å². The number of aromatic nitrogens is 1. The number of rotatable bonds is 2. The van der Waals surface area contributed by atoms with Crippen molar-refractivity contribution in [1.82, 2.24) is 10.3 Å². The van der Waals surface area contributed by atoms with Crippen LogP contribution in [0, 0.1) is 11.3 Å². The highest BCUT2D eigenvalue weighted by molar-refractivity contribution is 7.17. The molecule has 1 atom stereocenters. The molecule has 2 heterocycles. The molecule has 1 aromatic heterocycles. The van der Waals surface area contributed by atoms with Gasteiger partial charge in [-0.15, -0.1) is 12.4 Å². The number of carbonyl (C=O) groups is 2. The molecule has 1 aromatic rings. The zero-order chi connectivity index (χ0) is 15.0. The largest absolute Gasteiger partial charge is 0.316 e. The van der Waals surface area contributed by atoms with Gasteiger partial charge in [0, 0.05) is 13.0 Å². The van der Waals surface area contributed by atoms with Crippen molar-refractivity contribution in [3.05, 3.63) is 10.6 Å². The number of nitrogens with zero attached hydrogens (tertiary/aromatic N) is 1. The number of anilines is 1. The molecule has 22 heavy (non-hydrogen) atoms. The molecule has 1 amide bonds. The van der Waals surface area contributed by atoms with Crippen LogP contribution in [0.4, 0.5) is 5.13 Å². The van der Waals surface area contributed by atoms with Crippen LogP contribution in [-0.4, -0.2) is 29.8 Å². The number of fused-ring (bicyclic) bond motifs is 1. The van der Waals surface area contributed by atoms with Gasteiger partial charge in [0.2, 0.25) is 5.91 Å². The molecule has 1 unspecified atom stereocenters. The number of hydrogen-bond donors (Lipinski definition) is 2. The van der Waals surface area contributed by atoms with Gasteiger partial charge >= 0.3 is 0 Å². The number of carbonyl (C=O) groups excluding carboxylic acids is 2. The molecule has 2 N–H and O–H groups in total. The first-order valence-corrected chi connectivity index (χ1v) is 8.31. The Kier molecular flexibility index (Phi) is 5.25. The van der Waals surface area contributed by atoms with Gasteiger partial charge < -0.3 is 10.6 Å². The van der Waals surface area contributed by atoms with Crippen molar-refractivity contribution in [3.63, 3.8) is 0 Å². The third-order valence-electron chi connectivity index (χ3n) is 4.13. The number of ketones is 1. The lowest BCUT2D eigenvalue weighted by Crippen LogP contribution is -2.37. The quantitative estimate of drug-likeness (QED) is 0.866. The molecule has 1 aliphatic heterocycles. The minimum atomic E-state index is -0.0350. The van der Waals surface area contributed by atoms with Crippen molar-refractivity contribution >= 4 is 40.6 Å². The molecular weight excluding hydrogens is 322 g/mol. The second-order valence-electron chi connectivity index (χ2n) is 6.77. The summed E-state index contributed by atoms with van der Waals surface area (Å²) in [4.78, 5) is 29.6. The van der Waals surface area contributed by atoms with Crippen molar-refractivity contribution in [3.8, 4) is 0 Å². The van der Waals surface area contributed by atoms with E-state index in [2.05, 4.69) is 29.5 Å². The van der Waals surface area contributed by atoms with Crippen LogP contribution in [0.5, 0.6) is 0 Å². The summed E-state index contributed by atoms with van der Waals surface area (Å²) in [5.74, 6) is 0.172. The van der Waals surface area contributed by atoms with E-state index in [0.29, 0.717) is 11.6 Å². The molecular formula is C15H22ClN3O2S. The molecule has 122 valence electrons. The fourth-order valence-corrected chi connectivity index (χ4v) is 3.98. The molecule has 1 aliphatic carbocycles. The lowest BCUT2D eigenvalue weighted by molar-refractivity contribution is -0.120. The Morgan fingerprint density at radius 1 is 1.41 bits per heavy atom. The highest BCUT2D eigenvalue weighted by atomic mass is 35.5. The Balaban J connectivity index is 0.00000176. The van der Waals surface area contributed by atoms with E-state index in [0.717, 1.165) is 42.9 Å². The Labute approximate surface area is 140 Å². The topological polar surface area (TPSA) is 71.1 Å². The van der Waals surface area contributed by atoms with Gasteiger partial charge in [-0.2, -0.15) is 0 Å². The van der Waals surface area contributed by atoms with Gasteiger partial charge in [0.25, 0.3) is 0 Å².